The average Bonchev–Trinajstić information content (AvgIpc) is 2.95. The van der Waals surface area contributed by atoms with Crippen LogP contribution in [0.25, 0.3) is 0 Å². The fourth-order valence-electron chi connectivity index (χ4n) is 1.88. The number of hydrogen-bond acceptors (Lipinski definition) is 5. The van der Waals surface area contributed by atoms with Crippen molar-refractivity contribution in [1.29, 1.82) is 0 Å². The Morgan fingerprint density at radius 3 is 2.91 bits per heavy atom. The smallest absolute Gasteiger partial charge is 0.218 e. The number of nitrogens with zero attached hydrogens (tertiary/aromatic N) is 5. The van der Waals surface area contributed by atoms with Gasteiger partial charge in [-0.25, -0.2) is 15.0 Å². The van der Waals surface area contributed by atoms with Crippen molar-refractivity contribution in [1.82, 2.24) is 30.4 Å². The molecule has 0 saturated carbocycles. The highest BCUT2D eigenvalue weighted by Crippen LogP contribution is 2.14. The summed E-state index contributed by atoms with van der Waals surface area (Å²) in [7, 11) is 3.46. The maximum atomic E-state index is 5.23. The van der Waals surface area contributed by atoms with Gasteiger partial charge in [0.15, 0.2) is 5.96 Å². The van der Waals surface area contributed by atoms with Crippen LogP contribution in [0.5, 0.6) is 5.88 Å². The first kappa shape index (κ1) is 15.7. The number of ether oxygens (including phenoxy) is 1. The lowest BCUT2D eigenvalue weighted by Crippen LogP contribution is -2.37. The molecular weight excluding hydrogens is 282 g/mol. The Morgan fingerprint density at radius 2 is 2.23 bits per heavy atom. The summed E-state index contributed by atoms with van der Waals surface area (Å²) in [6.07, 6.45) is 3.23. The molecule has 0 atom stereocenters. The van der Waals surface area contributed by atoms with Crippen molar-refractivity contribution in [3.05, 3.63) is 36.0 Å². The van der Waals surface area contributed by atoms with E-state index in [0.29, 0.717) is 24.9 Å². The van der Waals surface area contributed by atoms with E-state index in [0.717, 1.165) is 17.9 Å². The molecule has 0 saturated heterocycles. The Kier molecular flexibility index (Phi) is 5.70. The van der Waals surface area contributed by atoms with Crippen LogP contribution < -0.4 is 15.4 Å². The van der Waals surface area contributed by atoms with E-state index in [9.17, 15) is 0 Å². The molecule has 0 bridgehead atoms. The van der Waals surface area contributed by atoms with E-state index in [2.05, 4.69) is 30.7 Å². The normalized spacial score (nSPS) is 11.3. The zero-order valence-electron chi connectivity index (χ0n) is 13.1. The first-order chi connectivity index (χ1) is 10.7. The molecule has 0 unspecified atom stereocenters. The van der Waals surface area contributed by atoms with Crippen molar-refractivity contribution in [2.45, 2.75) is 20.0 Å². The predicted molar refractivity (Wildman–Crippen MR) is 83.4 cm³/mol. The van der Waals surface area contributed by atoms with Crippen LogP contribution in [0, 0.1) is 0 Å². The van der Waals surface area contributed by atoms with Crippen LogP contribution >= 0.6 is 0 Å². The van der Waals surface area contributed by atoms with E-state index in [4.69, 9.17) is 4.74 Å². The first-order valence-electron chi connectivity index (χ1n) is 7.07. The molecule has 0 amide bonds. The average molecular weight is 303 g/mol. The fraction of sp³-hybridized carbons (Fsp3) is 0.429. The van der Waals surface area contributed by atoms with Crippen molar-refractivity contribution in [3.8, 4) is 5.88 Å². The number of aryl methyl sites for hydroxylation is 1. The van der Waals surface area contributed by atoms with Crippen molar-refractivity contribution < 1.29 is 4.74 Å². The molecule has 0 radical (unpaired) electrons. The summed E-state index contributed by atoms with van der Waals surface area (Å²) in [5.41, 5.74) is 0.931. The second-order valence-electron chi connectivity index (χ2n) is 4.52. The van der Waals surface area contributed by atoms with Gasteiger partial charge in [-0.3, -0.25) is 4.68 Å². The first-order valence-corrected chi connectivity index (χ1v) is 7.07. The standard InChI is InChI=1S/C14H21N7O/c1-4-15-14(18-9-12-19-10-20-21(12)2)17-8-11-6-5-7-16-13(11)22-3/h5-7,10H,4,8-9H2,1-3H3,(H2,15,17,18). The predicted octanol–water partition coefficient (Wildman–Crippen LogP) is 0.474. The van der Waals surface area contributed by atoms with Gasteiger partial charge in [0.25, 0.3) is 0 Å². The van der Waals surface area contributed by atoms with Crippen LogP contribution in [0.3, 0.4) is 0 Å². The van der Waals surface area contributed by atoms with Gasteiger partial charge in [0.2, 0.25) is 5.88 Å². The van der Waals surface area contributed by atoms with Gasteiger partial charge in [-0.15, -0.1) is 0 Å². The minimum atomic E-state index is 0.477. The molecule has 118 valence electrons. The number of rotatable bonds is 6. The van der Waals surface area contributed by atoms with Crippen LogP contribution in [-0.2, 0) is 20.1 Å². The summed E-state index contributed by atoms with van der Waals surface area (Å²) in [4.78, 5) is 12.9. The second kappa shape index (κ2) is 7.96. The molecule has 0 aromatic carbocycles. The van der Waals surface area contributed by atoms with E-state index in [1.165, 1.54) is 6.33 Å². The van der Waals surface area contributed by atoms with Crippen LogP contribution in [-0.4, -0.2) is 39.4 Å². The number of guanidine groups is 1. The molecule has 2 rings (SSSR count). The molecule has 8 nitrogen and oxygen atoms in total. The summed E-state index contributed by atoms with van der Waals surface area (Å²) >= 11 is 0. The quantitative estimate of drug-likeness (QED) is 0.596. The van der Waals surface area contributed by atoms with Crippen LogP contribution in [0.1, 0.15) is 18.3 Å². The van der Waals surface area contributed by atoms with Gasteiger partial charge in [0, 0.05) is 25.4 Å². The van der Waals surface area contributed by atoms with Crippen molar-refractivity contribution in [2.24, 2.45) is 12.0 Å². The topological polar surface area (TPSA) is 89.2 Å². The zero-order chi connectivity index (χ0) is 15.8. The minimum Gasteiger partial charge on any atom is -0.481 e. The summed E-state index contributed by atoms with van der Waals surface area (Å²) < 4.78 is 6.95. The van der Waals surface area contributed by atoms with E-state index in [-0.39, 0.29) is 0 Å². The molecule has 22 heavy (non-hydrogen) atoms. The van der Waals surface area contributed by atoms with Gasteiger partial charge in [0.1, 0.15) is 12.2 Å². The lowest BCUT2D eigenvalue weighted by atomic mass is 10.3. The third-order valence-electron chi connectivity index (χ3n) is 3.01. The zero-order valence-corrected chi connectivity index (χ0v) is 13.1. The van der Waals surface area contributed by atoms with Crippen LogP contribution in [0.4, 0.5) is 0 Å². The maximum absolute atomic E-state index is 5.23. The third-order valence-corrected chi connectivity index (χ3v) is 3.01. The lowest BCUT2D eigenvalue weighted by molar-refractivity contribution is 0.392. The molecule has 0 aliphatic carbocycles. The molecule has 0 spiro atoms. The van der Waals surface area contributed by atoms with Gasteiger partial charge in [0.05, 0.1) is 20.2 Å². The maximum Gasteiger partial charge on any atom is 0.218 e. The molecule has 2 aromatic heterocycles. The molecule has 2 N–H and O–H groups in total. The number of hydrogen-bond donors (Lipinski definition) is 2. The van der Waals surface area contributed by atoms with Gasteiger partial charge in [-0.05, 0) is 13.0 Å². The van der Waals surface area contributed by atoms with E-state index in [1.807, 2.05) is 26.1 Å². The van der Waals surface area contributed by atoms with Gasteiger partial charge < -0.3 is 15.4 Å². The van der Waals surface area contributed by atoms with Crippen LogP contribution in [0.15, 0.2) is 29.6 Å². The van der Waals surface area contributed by atoms with E-state index < -0.39 is 0 Å². The van der Waals surface area contributed by atoms with Gasteiger partial charge in [-0.2, -0.15) is 5.10 Å². The fourth-order valence-corrected chi connectivity index (χ4v) is 1.88. The Bertz CT molecular complexity index is 623. The van der Waals surface area contributed by atoms with E-state index in [1.54, 1.807) is 18.0 Å². The number of nitrogens with one attached hydrogen (secondary N) is 2. The Labute approximate surface area is 129 Å². The highest BCUT2D eigenvalue weighted by molar-refractivity contribution is 5.79. The highest BCUT2D eigenvalue weighted by Gasteiger charge is 2.05. The van der Waals surface area contributed by atoms with E-state index >= 15 is 0 Å². The number of pyridine rings is 1. The number of aromatic nitrogens is 4. The summed E-state index contributed by atoms with van der Waals surface area (Å²) in [6, 6.07) is 3.81. The summed E-state index contributed by atoms with van der Waals surface area (Å²) in [6.45, 7) is 3.82. The second-order valence-corrected chi connectivity index (χ2v) is 4.52. The molecule has 2 aromatic rings. The Morgan fingerprint density at radius 1 is 1.36 bits per heavy atom. The molecule has 0 aliphatic heterocycles. The number of aliphatic imine (C=N–C) groups is 1. The van der Waals surface area contributed by atoms with Gasteiger partial charge >= 0.3 is 0 Å². The van der Waals surface area contributed by atoms with Crippen molar-refractivity contribution in [2.75, 3.05) is 13.7 Å². The number of methoxy groups -OCH3 is 1. The monoisotopic (exact) mass is 303 g/mol. The van der Waals surface area contributed by atoms with Crippen molar-refractivity contribution in [3.63, 3.8) is 0 Å². The van der Waals surface area contributed by atoms with Crippen molar-refractivity contribution >= 4 is 5.96 Å². The largest absolute Gasteiger partial charge is 0.481 e. The highest BCUT2D eigenvalue weighted by atomic mass is 16.5. The summed E-state index contributed by atoms with van der Waals surface area (Å²) in [5, 5.41) is 10.5. The molecule has 2 heterocycles. The molecule has 0 fully saturated rings. The molecular formula is C14H21N7O. The third kappa shape index (κ3) is 4.18. The SMILES string of the molecule is CCNC(=NCc1cccnc1OC)NCc1ncnn1C. The minimum absolute atomic E-state index is 0.477. The molecule has 8 heteroatoms. The summed E-state index contributed by atoms with van der Waals surface area (Å²) in [5.74, 6) is 2.14. The Hall–Kier alpha value is -2.64. The van der Waals surface area contributed by atoms with Gasteiger partial charge in [-0.1, -0.05) is 6.07 Å². The lowest BCUT2D eigenvalue weighted by Gasteiger charge is -2.11. The van der Waals surface area contributed by atoms with Crippen LogP contribution in [0.2, 0.25) is 0 Å². The molecule has 0 aliphatic rings. The Balaban J connectivity index is 2.02.